The Kier molecular flexibility index (Phi) is 5.20. The van der Waals surface area contributed by atoms with Crippen LogP contribution in [0.15, 0.2) is 18.2 Å². The molecule has 0 saturated carbocycles. The van der Waals surface area contributed by atoms with Crippen molar-refractivity contribution in [1.29, 1.82) is 0 Å². The molecule has 2 N–H and O–H groups in total. The molecule has 0 aromatic heterocycles. The molecule has 4 heteroatoms. The Balaban J connectivity index is 2.19. The molecule has 1 aromatic carbocycles. The van der Waals surface area contributed by atoms with Crippen LogP contribution in [-0.2, 0) is 0 Å². The maximum atomic E-state index is 12.0. The van der Waals surface area contributed by atoms with Crippen LogP contribution in [0.4, 0.5) is 5.69 Å². The van der Waals surface area contributed by atoms with Crippen molar-refractivity contribution in [3.05, 3.63) is 29.3 Å². The number of nitrogens with one attached hydrogen (secondary N) is 2. The molecule has 1 unspecified atom stereocenters. The van der Waals surface area contributed by atoms with Crippen molar-refractivity contribution in [2.75, 3.05) is 23.4 Å². The molecule has 0 bridgehead atoms. The van der Waals surface area contributed by atoms with Crippen LogP contribution >= 0.6 is 11.8 Å². The molecule has 1 amide bonds. The number of amides is 1. The second-order valence-electron chi connectivity index (χ2n) is 6.40. The van der Waals surface area contributed by atoms with Gasteiger partial charge in [-0.3, -0.25) is 4.79 Å². The summed E-state index contributed by atoms with van der Waals surface area (Å²) in [7, 11) is 0. The highest BCUT2D eigenvalue weighted by molar-refractivity contribution is 7.99. The van der Waals surface area contributed by atoms with E-state index in [0.29, 0.717) is 18.0 Å². The highest BCUT2D eigenvalue weighted by Gasteiger charge is 2.32. The quantitative estimate of drug-likeness (QED) is 0.891. The fourth-order valence-corrected chi connectivity index (χ4v) is 4.15. The third-order valence-electron chi connectivity index (χ3n) is 4.29. The van der Waals surface area contributed by atoms with Crippen LogP contribution < -0.4 is 10.6 Å². The summed E-state index contributed by atoms with van der Waals surface area (Å²) in [6, 6.07) is 6.34. The number of carbonyl (C=O) groups is 1. The van der Waals surface area contributed by atoms with E-state index in [1.807, 2.05) is 36.9 Å². The van der Waals surface area contributed by atoms with Crippen LogP contribution in [-0.4, -0.2) is 30.0 Å². The fraction of sp³-hybridized carbons (Fsp3) is 0.588. The first-order valence-corrected chi connectivity index (χ1v) is 8.82. The number of rotatable bonds is 4. The van der Waals surface area contributed by atoms with Crippen molar-refractivity contribution < 1.29 is 4.79 Å². The van der Waals surface area contributed by atoms with Gasteiger partial charge < -0.3 is 10.6 Å². The van der Waals surface area contributed by atoms with Gasteiger partial charge in [-0.1, -0.05) is 19.9 Å². The molecule has 1 atom stereocenters. The largest absolute Gasteiger partial charge is 0.381 e. The van der Waals surface area contributed by atoms with Crippen molar-refractivity contribution in [1.82, 2.24) is 5.32 Å². The van der Waals surface area contributed by atoms with Crippen LogP contribution in [0.25, 0.3) is 0 Å². The highest BCUT2D eigenvalue weighted by atomic mass is 32.2. The van der Waals surface area contributed by atoms with Gasteiger partial charge in [0.05, 0.1) is 0 Å². The molecule has 1 aliphatic rings. The molecular weight excluding hydrogens is 280 g/mol. The molecule has 3 nitrogen and oxygen atoms in total. The van der Waals surface area contributed by atoms with E-state index < -0.39 is 0 Å². The number of hydrogen-bond acceptors (Lipinski definition) is 3. The van der Waals surface area contributed by atoms with Crippen molar-refractivity contribution >= 4 is 23.4 Å². The molecule has 0 spiro atoms. The molecule has 1 fully saturated rings. The lowest BCUT2D eigenvalue weighted by atomic mass is 9.82. The number of hydrogen-bond donors (Lipinski definition) is 2. The van der Waals surface area contributed by atoms with Crippen LogP contribution in [0.1, 0.15) is 43.1 Å². The van der Waals surface area contributed by atoms with E-state index in [0.717, 1.165) is 17.0 Å². The molecule has 1 aromatic rings. The van der Waals surface area contributed by atoms with Crippen molar-refractivity contribution in [3.8, 4) is 0 Å². The fourth-order valence-electron chi connectivity index (χ4n) is 2.54. The second kappa shape index (κ2) is 6.73. The zero-order chi connectivity index (χ0) is 15.5. The van der Waals surface area contributed by atoms with E-state index in [2.05, 4.69) is 31.4 Å². The van der Waals surface area contributed by atoms with E-state index in [1.54, 1.807) is 0 Å². The Bertz CT molecular complexity index is 514. The van der Waals surface area contributed by atoms with E-state index in [4.69, 9.17) is 0 Å². The highest BCUT2D eigenvalue weighted by Crippen LogP contribution is 2.36. The standard InChI is InChI=1S/C17H26N2OS/c1-5-18-16(20)13-7-6-12(2)14(10-13)19-15-11-21-9-8-17(15,3)4/h6-7,10,15,19H,5,8-9,11H2,1-4H3,(H,18,20). The van der Waals surface area contributed by atoms with Gasteiger partial charge >= 0.3 is 0 Å². The zero-order valence-electron chi connectivity index (χ0n) is 13.5. The zero-order valence-corrected chi connectivity index (χ0v) is 14.3. The summed E-state index contributed by atoms with van der Waals surface area (Å²) in [4.78, 5) is 12.0. The summed E-state index contributed by atoms with van der Waals surface area (Å²) in [6.07, 6.45) is 1.23. The Morgan fingerprint density at radius 2 is 2.19 bits per heavy atom. The van der Waals surface area contributed by atoms with Gasteiger partial charge in [-0.2, -0.15) is 11.8 Å². The summed E-state index contributed by atoms with van der Waals surface area (Å²) in [5, 5.41) is 6.53. The summed E-state index contributed by atoms with van der Waals surface area (Å²) < 4.78 is 0. The average Bonchev–Trinajstić information content (AvgIpc) is 2.43. The number of carbonyl (C=O) groups excluding carboxylic acids is 1. The smallest absolute Gasteiger partial charge is 0.251 e. The van der Waals surface area contributed by atoms with Gasteiger partial charge in [0.2, 0.25) is 0 Å². The first kappa shape index (κ1) is 16.2. The molecule has 116 valence electrons. The summed E-state index contributed by atoms with van der Waals surface area (Å²) in [5.74, 6) is 2.36. The lowest BCUT2D eigenvalue weighted by Gasteiger charge is -2.39. The topological polar surface area (TPSA) is 41.1 Å². The number of aryl methyl sites for hydroxylation is 1. The monoisotopic (exact) mass is 306 g/mol. The minimum Gasteiger partial charge on any atom is -0.381 e. The Morgan fingerprint density at radius 1 is 1.43 bits per heavy atom. The van der Waals surface area contributed by atoms with Crippen LogP contribution in [0, 0.1) is 12.3 Å². The van der Waals surface area contributed by atoms with E-state index in [-0.39, 0.29) is 5.91 Å². The summed E-state index contributed by atoms with van der Waals surface area (Å²) in [5.41, 5.74) is 3.29. The Hall–Kier alpha value is -1.16. The van der Waals surface area contributed by atoms with Crippen molar-refractivity contribution in [3.63, 3.8) is 0 Å². The molecule has 0 aliphatic carbocycles. The van der Waals surface area contributed by atoms with Gasteiger partial charge in [-0.05, 0) is 49.1 Å². The van der Waals surface area contributed by atoms with Crippen LogP contribution in [0.3, 0.4) is 0 Å². The molecule has 1 aliphatic heterocycles. The Morgan fingerprint density at radius 3 is 2.86 bits per heavy atom. The molecular formula is C17H26N2OS. The van der Waals surface area contributed by atoms with Gasteiger partial charge in [0.1, 0.15) is 0 Å². The van der Waals surface area contributed by atoms with E-state index in [9.17, 15) is 4.79 Å². The first-order valence-electron chi connectivity index (χ1n) is 7.67. The van der Waals surface area contributed by atoms with Gasteiger partial charge in [0, 0.05) is 29.6 Å². The molecule has 1 saturated heterocycles. The maximum absolute atomic E-state index is 12.0. The lowest BCUT2D eigenvalue weighted by Crippen LogP contribution is -2.41. The number of benzene rings is 1. The maximum Gasteiger partial charge on any atom is 0.251 e. The SMILES string of the molecule is CCNC(=O)c1ccc(C)c(NC2CSCCC2(C)C)c1. The summed E-state index contributed by atoms with van der Waals surface area (Å²) in [6.45, 7) is 9.34. The normalized spacial score (nSPS) is 20.9. The van der Waals surface area contributed by atoms with E-state index >= 15 is 0 Å². The van der Waals surface area contributed by atoms with Crippen molar-refractivity contribution in [2.45, 2.75) is 40.2 Å². The average molecular weight is 306 g/mol. The third-order valence-corrected chi connectivity index (χ3v) is 5.35. The van der Waals surface area contributed by atoms with Crippen molar-refractivity contribution in [2.24, 2.45) is 5.41 Å². The lowest BCUT2D eigenvalue weighted by molar-refractivity contribution is 0.0956. The predicted molar refractivity (Wildman–Crippen MR) is 92.3 cm³/mol. The minimum atomic E-state index is -0.00201. The minimum absolute atomic E-state index is 0.00201. The third kappa shape index (κ3) is 3.94. The number of anilines is 1. The van der Waals surface area contributed by atoms with E-state index in [1.165, 1.54) is 17.7 Å². The number of thioether (sulfide) groups is 1. The molecule has 0 radical (unpaired) electrons. The molecule has 21 heavy (non-hydrogen) atoms. The van der Waals surface area contributed by atoms with Gasteiger partial charge in [0.15, 0.2) is 0 Å². The van der Waals surface area contributed by atoms with Crippen LogP contribution in [0.5, 0.6) is 0 Å². The van der Waals surface area contributed by atoms with Gasteiger partial charge in [-0.15, -0.1) is 0 Å². The first-order chi connectivity index (χ1) is 9.94. The summed E-state index contributed by atoms with van der Waals surface area (Å²) >= 11 is 2.01. The Labute approximate surface area is 132 Å². The molecule has 1 heterocycles. The molecule has 2 rings (SSSR count). The predicted octanol–water partition coefficient (Wildman–Crippen LogP) is 3.69. The van der Waals surface area contributed by atoms with Gasteiger partial charge in [0.25, 0.3) is 5.91 Å². The van der Waals surface area contributed by atoms with Gasteiger partial charge in [-0.25, -0.2) is 0 Å². The second-order valence-corrected chi connectivity index (χ2v) is 7.55. The van der Waals surface area contributed by atoms with Crippen LogP contribution in [0.2, 0.25) is 0 Å².